The highest BCUT2D eigenvalue weighted by Gasteiger charge is 2.24. The number of amides is 2. The predicted octanol–water partition coefficient (Wildman–Crippen LogP) is 3.44. The van der Waals surface area contributed by atoms with E-state index in [1.165, 1.54) is 11.1 Å². The van der Waals surface area contributed by atoms with Crippen LogP contribution in [-0.2, 0) is 12.8 Å². The molecule has 0 bridgehead atoms. The summed E-state index contributed by atoms with van der Waals surface area (Å²) < 4.78 is 0. The number of nitrogens with zero attached hydrogens (tertiary/aromatic N) is 4. The number of rotatable bonds is 5. The number of hydrogen-bond acceptors (Lipinski definition) is 4. The molecule has 1 N–H and O–H groups in total. The van der Waals surface area contributed by atoms with Crippen molar-refractivity contribution in [3.05, 3.63) is 51.9 Å². The van der Waals surface area contributed by atoms with Crippen molar-refractivity contribution < 1.29 is 4.79 Å². The van der Waals surface area contributed by atoms with E-state index in [2.05, 4.69) is 34.3 Å². The minimum absolute atomic E-state index is 0.0108. The molecule has 6 nitrogen and oxygen atoms in total. The van der Waals surface area contributed by atoms with Crippen LogP contribution in [0.2, 0.25) is 5.02 Å². The molecule has 2 amide bonds. The van der Waals surface area contributed by atoms with Crippen molar-refractivity contribution in [2.75, 3.05) is 37.6 Å². The zero-order chi connectivity index (χ0) is 20.1. The summed E-state index contributed by atoms with van der Waals surface area (Å²) in [5, 5.41) is 3.62. The number of aryl methyl sites for hydroxylation is 2. The van der Waals surface area contributed by atoms with Crippen molar-refractivity contribution in [2.24, 2.45) is 0 Å². The number of halogens is 1. The molecule has 2 heterocycles. The van der Waals surface area contributed by atoms with E-state index >= 15 is 0 Å². The third kappa shape index (κ3) is 4.73. The van der Waals surface area contributed by atoms with Crippen molar-refractivity contribution in [3.63, 3.8) is 0 Å². The Labute approximate surface area is 171 Å². The molecule has 1 aromatic carbocycles. The molecule has 1 aliphatic heterocycles. The lowest BCUT2D eigenvalue weighted by Crippen LogP contribution is -2.52. The van der Waals surface area contributed by atoms with Crippen LogP contribution in [0, 0.1) is 6.92 Å². The van der Waals surface area contributed by atoms with Gasteiger partial charge in [-0.2, -0.15) is 0 Å². The maximum atomic E-state index is 12.1. The Bertz CT molecular complexity index is 816. The fourth-order valence-corrected chi connectivity index (χ4v) is 3.69. The lowest BCUT2D eigenvalue weighted by atomic mass is 10.0. The maximum Gasteiger partial charge on any atom is 0.317 e. The van der Waals surface area contributed by atoms with Gasteiger partial charge in [-0.25, -0.2) is 14.8 Å². The standard InChI is InChI=1S/C21H28ClN5O/c1-4-19-18(14-16-6-8-17(22)9-7-16)20(25-15(3)24-19)26-10-12-27(13-11-26)21(28)23-5-2/h6-9H,4-5,10-14H2,1-3H3,(H,23,28). The largest absolute Gasteiger partial charge is 0.353 e. The maximum absolute atomic E-state index is 12.1. The number of carbonyl (C=O) groups is 1. The molecule has 0 saturated carbocycles. The molecule has 0 unspecified atom stereocenters. The molecule has 1 aromatic heterocycles. The van der Waals surface area contributed by atoms with Gasteiger partial charge in [0.2, 0.25) is 0 Å². The average Bonchev–Trinajstić information content (AvgIpc) is 2.71. The second-order valence-electron chi connectivity index (χ2n) is 6.99. The second-order valence-corrected chi connectivity index (χ2v) is 7.42. The van der Waals surface area contributed by atoms with Gasteiger partial charge in [0, 0.05) is 55.4 Å². The van der Waals surface area contributed by atoms with Crippen LogP contribution in [-0.4, -0.2) is 53.6 Å². The summed E-state index contributed by atoms with van der Waals surface area (Å²) in [6, 6.07) is 7.96. The van der Waals surface area contributed by atoms with Gasteiger partial charge in [0.1, 0.15) is 11.6 Å². The van der Waals surface area contributed by atoms with Gasteiger partial charge in [0.15, 0.2) is 0 Å². The van der Waals surface area contributed by atoms with Crippen LogP contribution in [0.1, 0.15) is 36.5 Å². The Morgan fingerprint density at radius 2 is 1.79 bits per heavy atom. The number of nitrogens with one attached hydrogen (secondary N) is 1. The monoisotopic (exact) mass is 401 g/mol. The average molecular weight is 402 g/mol. The molecule has 1 aliphatic rings. The van der Waals surface area contributed by atoms with E-state index in [0.29, 0.717) is 19.6 Å². The number of urea groups is 1. The molecular formula is C21H28ClN5O. The number of piperazine rings is 1. The lowest BCUT2D eigenvalue weighted by Gasteiger charge is -2.36. The Morgan fingerprint density at radius 3 is 2.39 bits per heavy atom. The first-order valence-corrected chi connectivity index (χ1v) is 10.3. The topological polar surface area (TPSA) is 61.4 Å². The normalized spacial score (nSPS) is 14.3. The zero-order valence-electron chi connectivity index (χ0n) is 16.8. The van der Waals surface area contributed by atoms with Crippen LogP contribution in [0.25, 0.3) is 0 Å². The summed E-state index contributed by atoms with van der Waals surface area (Å²) in [6.45, 7) is 9.58. The number of hydrogen-bond donors (Lipinski definition) is 1. The van der Waals surface area contributed by atoms with E-state index < -0.39 is 0 Å². The van der Waals surface area contributed by atoms with Crippen LogP contribution in [0.4, 0.5) is 10.6 Å². The lowest BCUT2D eigenvalue weighted by molar-refractivity contribution is 0.195. The number of benzene rings is 1. The predicted molar refractivity (Wildman–Crippen MR) is 113 cm³/mol. The number of anilines is 1. The molecule has 7 heteroatoms. The molecule has 0 atom stereocenters. The van der Waals surface area contributed by atoms with E-state index in [0.717, 1.165) is 48.3 Å². The summed E-state index contributed by atoms with van der Waals surface area (Å²) in [5.74, 6) is 1.78. The second kappa shape index (κ2) is 9.24. The molecule has 1 saturated heterocycles. The molecule has 3 rings (SSSR count). The molecule has 150 valence electrons. The Hall–Kier alpha value is -2.34. The van der Waals surface area contributed by atoms with Crippen LogP contribution in [0.3, 0.4) is 0 Å². The molecule has 1 fully saturated rings. The Balaban J connectivity index is 1.85. The number of carbonyl (C=O) groups excluding carboxylic acids is 1. The van der Waals surface area contributed by atoms with Gasteiger partial charge in [0.25, 0.3) is 0 Å². The van der Waals surface area contributed by atoms with Gasteiger partial charge in [-0.3, -0.25) is 0 Å². The van der Waals surface area contributed by atoms with Crippen molar-refractivity contribution in [1.29, 1.82) is 0 Å². The first-order valence-electron chi connectivity index (χ1n) is 9.90. The van der Waals surface area contributed by atoms with Gasteiger partial charge >= 0.3 is 6.03 Å². The van der Waals surface area contributed by atoms with Crippen molar-refractivity contribution in [3.8, 4) is 0 Å². The summed E-state index contributed by atoms with van der Waals surface area (Å²) in [4.78, 5) is 25.7. The molecule has 0 aliphatic carbocycles. The molecule has 2 aromatic rings. The minimum Gasteiger partial charge on any atom is -0.353 e. The Kier molecular flexibility index (Phi) is 6.73. The summed E-state index contributed by atoms with van der Waals surface area (Å²) in [5.41, 5.74) is 3.44. The minimum atomic E-state index is 0.0108. The molecular weight excluding hydrogens is 374 g/mol. The summed E-state index contributed by atoms with van der Waals surface area (Å²) in [6.07, 6.45) is 1.63. The third-order valence-electron chi connectivity index (χ3n) is 5.01. The van der Waals surface area contributed by atoms with E-state index in [9.17, 15) is 4.79 Å². The fraction of sp³-hybridized carbons (Fsp3) is 0.476. The van der Waals surface area contributed by atoms with E-state index in [1.807, 2.05) is 30.9 Å². The smallest absolute Gasteiger partial charge is 0.317 e. The highest BCUT2D eigenvalue weighted by Crippen LogP contribution is 2.26. The van der Waals surface area contributed by atoms with Gasteiger partial charge in [-0.05, 0) is 38.0 Å². The third-order valence-corrected chi connectivity index (χ3v) is 5.26. The molecule has 0 radical (unpaired) electrons. The van der Waals surface area contributed by atoms with E-state index in [4.69, 9.17) is 16.6 Å². The van der Waals surface area contributed by atoms with E-state index in [1.54, 1.807) is 0 Å². The van der Waals surface area contributed by atoms with Crippen molar-refractivity contribution in [1.82, 2.24) is 20.2 Å². The van der Waals surface area contributed by atoms with Crippen LogP contribution < -0.4 is 10.2 Å². The fourth-order valence-electron chi connectivity index (χ4n) is 3.56. The first-order chi connectivity index (χ1) is 13.5. The summed E-state index contributed by atoms with van der Waals surface area (Å²) >= 11 is 6.04. The van der Waals surface area contributed by atoms with Crippen LogP contribution >= 0.6 is 11.6 Å². The van der Waals surface area contributed by atoms with E-state index in [-0.39, 0.29) is 6.03 Å². The molecule has 0 spiro atoms. The Morgan fingerprint density at radius 1 is 1.11 bits per heavy atom. The van der Waals surface area contributed by atoms with Gasteiger partial charge < -0.3 is 15.1 Å². The molecule has 28 heavy (non-hydrogen) atoms. The van der Waals surface area contributed by atoms with Crippen LogP contribution in [0.5, 0.6) is 0 Å². The van der Waals surface area contributed by atoms with Gasteiger partial charge in [0.05, 0.1) is 0 Å². The summed E-state index contributed by atoms with van der Waals surface area (Å²) in [7, 11) is 0. The van der Waals surface area contributed by atoms with Crippen molar-refractivity contribution >= 4 is 23.4 Å². The highest BCUT2D eigenvalue weighted by molar-refractivity contribution is 6.30. The van der Waals surface area contributed by atoms with Gasteiger partial charge in [-0.1, -0.05) is 30.7 Å². The van der Waals surface area contributed by atoms with Gasteiger partial charge in [-0.15, -0.1) is 0 Å². The van der Waals surface area contributed by atoms with Crippen molar-refractivity contribution in [2.45, 2.75) is 33.6 Å². The van der Waals surface area contributed by atoms with Crippen LogP contribution in [0.15, 0.2) is 24.3 Å². The SMILES string of the molecule is CCNC(=O)N1CCN(c2nc(C)nc(CC)c2Cc2ccc(Cl)cc2)CC1. The number of aromatic nitrogens is 2. The quantitative estimate of drug-likeness (QED) is 0.833. The zero-order valence-corrected chi connectivity index (χ0v) is 17.6. The highest BCUT2D eigenvalue weighted by atomic mass is 35.5. The first kappa shape index (κ1) is 20.4.